The molecule has 0 aromatic heterocycles. The minimum Gasteiger partial charge on any atom is -0.493 e. The Kier molecular flexibility index (Phi) is 11.1. The third kappa shape index (κ3) is 7.63. The maximum Gasteiger partial charge on any atom is 0.258 e. The van der Waals surface area contributed by atoms with Crippen molar-refractivity contribution in [3.05, 3.63) is 77.4 Å². The van der Waals surface area contributed by atoms with E-state index < -0.39 is 0 Å². The molecule has 0 spiro atoms. The van der Waals surface area contributed by atoms with Crippen LogP contribution in [0, 0.1) is 12.8 Å². The molecule has 2 heterocycles. The lowest BCUT2D eigenvalue weighted by Crippen LogP contribution is -2.32. The van der Waals surface area contributed by atoms with Crippen molar-refractivity contribution in [1.29, 1.82) is 0 Å². The highest BCUT2D eigenvalue weighted by atomic mass is 16.5. The van der Waals surface area contributed by atoms with Crippen molar-refractivity contribution >= 4 is 11.5 Å². The lowest BCUT2D eigenvalue weighted by Gasteiger charge is -2.28. The molecule has 5 nitrogen and oxygen atoms in total. The molecule has 0 N–H and O–H groups in total. The molecular formula is C29H42N2O3. The van der Waals surface area contributed by atoms with Gasteiger partial charge in [0.25, 0.3) is 5.91 Å². The van der Waals surface area contributed by atoms with Crippen LogP contribution in [0.5, 0.6) is 0 Å². The first-order chi connectivity index (χ1) is 16.3. The molecule has 0 atom stereocenters. The Hall–Kier alpha value is -2.79. The topological polar surface area (TPSA) is 42.0 Å². The van der Waals surface area contributed by atoms with Crippen molar-refractivity contribution in [3.63, 3.8) is 0 Å². The average Bonchev–Trinajstić information content (AvgIpc) is 3.23. The van der Waals surface area contributed by atoms with Crippen LogP contribution in [0.4, 0.5) is 0 Å². The summed E-state index contributed by atoms with van der Waals surface area (Å²) in [5.41, 5.74) is 3.55. The Morgan fingerprint density at radius 1 is 1.24 bits per heavy atom. The second-order valence-electron chi connectivity index (χ2n) is 8.80. The predicted octanol–water partition coefficient (Wildman–Crippen LogP) is 5.94. The number of hydrogen-bond donors (Lipinski definition) is 0. The van der Waals surface area contributed by atoms with Gasteiger partial charge in [-0.15, -0.1) is 0 Å². The summed E-state index contributed by atoms with van der Waals surface area (Å²) in [6, 6.07) is 7.97. The standard InChI is InChI=1S/C21H25NO3.C8H17N/c1-6-18(14-20(25-7-2)16(4)24-5)22-12-11-19(21(22)23)17-10-8-9-15(3)13-17;1-3-9-6-4-8(2)5-7-9/h6,8-11,13-14H,4,7,12H2,1-3,5H3;8H,3-7H2,1-2H3/b18-6+,20-14+;. The van der Waals surface area contributed by atoms with Gasteiger partial charge in [-0.25, -0.2) is 0 Å². The van der Waals surface area contributed by atoms with Crippen molar-refractivity contribution < 1.29 is 14.3 Å². The molecule has 34 heavy (non-hydrogen) atoms. The van der Waals surface area contributed by atoms with Gasteiger partial charge in [0.05, 0.1) is 13.7 Å². The van der Waals surface area contributed by atoms with Gasteiger partial charge in [0.1, 0.15) is 0 Å². The maximum absolute atomic E-state index is 12.9. The molecule has 0 unspecified atom stereocenters. The molecule has 2 aliphatic rings. The molecular weight excluding hydrogens is 424 g/mol. The molecule has 186 valence electrons. The van der Waals surface area contributed by atoms with Crippen molar-refractivity contribution in [2.24, 2.45) is 5.92 Å². The molecule has 0 radical (unpaired) electrons. The maximum atomic E-state index is 12.9. The summed E-state index contributed by atoms with van der Waals surface area (Å²) >= 11 is 0. The Bertz CT molecular complexity index is 921. The van der Waals surface area contributed by atoms with Crippen molar-refractivity contribution in [2.75, 3.05) is 39.9 Å². The molecule has 0 bridgehead atoms. The fourth-order valence-electron chi connectivity index (χ4n) is 4.06. The monoisotopic (exact) mass is 466 g/mol. The van der Waals surface area contributed by atoms with Gasteiger partial charge in [0, 0.05) is 23.9 Å². The van der Waals surface area contributed by atoms with E-state index in [4.69, 9.17) is 9.47 Å². The van der Waals surface area contributed by atoms with Crippen LogP contribution in [-0.2, 0) is 14.3 Å². The second kappa shape index (κ2) is 13.8. The number of carbonyl (C=O) groups is 1. The Labute approximate surface area is 206 Å². The van der Waals surface area contributed by atoms with Gasteiger partial charge in [-0.2, -0.15) is 0 Å². The predicted molar refractivity (Wildman–Crippen MR) is 141 cm³/mol. The van der Waals surface area contributed by atoms with Crippen LogP contribution in [-0.4, -0.2) is 55.6 Å². The zero-order valence-corrected chi connectivity index (χ0v) is 21.9. The number of hydrogen-bond acceptors (Lipinski definition) is 4. The number of benzene rings is 1. The number of methoxy groups -OCH3 is 1. The smallest absolute Gasteiger partial charge is 0.258 e. The molecule has 1 fully saturated rings. The first kappa shape index (κ1) is 27.5. The fourth-order valence-corrected chi connectivity index (χ4v) is 4.06. The minimum atomic E-state index is -0.0196. The van der Waals surface area contributed by atoms with Crippen LogP contribution < -0.4 is 0 Å². The quantitative estimate of drug-likeness (QED) is 0.351. The van der Waals surface area contributed by atoms with Crippen LogP contribution >= 0.6 is 0 Å². The van der Waals surface area contributed by atoms with Crippen LogP contribution in [0.3, 0.4) is 0 Å². The number of allylic oxidation sites excluding steroid dienone is 2. The minimum absolute atomic E-state index is 0.0196. The van der Waals surface area contributed by atoms with E-state index in [1.54, 1.807) is 18.1 Å². The number of nitrogens with zero attached hydrogens (tertiary/aromatic N) is 2. The second-order valence-corrected chi connectivity index (χ2v) is 8.80. The summed E-state index contributed by atoms with van der Waals surface area (Å²) in [7, 11) is 1.54. The van der Waals surface area contributed by atoms with E-state index in [0.717, 1.165) is 28.3 Å². The van der Waals surface area contributed by atoms with Gasteiger partial charge < -0.3 is 19.3 Å². The highest BCUT2D eigenvalue weighted by Crippen LogP contribution is 2.27. The number of aryl methyl sites for hydroxylation is 1. The molecule has 3 rings (SSSR count). The third-order valence-electron chi connectivity index (χ3n) is 6.31. The summed E-state index contributed by atoms with van der Waals surface area (Å²) in [6.45, 7) is 19.2. The van der Waals surface area contributed by atoms with Gasteiger partial charge in [0.15, 0.2) is 11.5 Å². The number of amides is 1. The van der Waals surface area contributed by atoms with Gasteiger partial charge in [-0.3, -0.25) is 4.79 Å². The number of piperidine rings is 1. The molecule has 0 saturated carbocycles. The average molecular weight is 467 g/mol. The molecule has 5 heteroatoms. The van der Waals surface area contributed by atoms with Gasteiger partial charge in [0.2, 0.25) is 0 Å². The molecule has 1 saturated heterocycles. The lowest BCUT2D eigenvalue weighted by molar-refractivity contribution is -0.121. The van der Waals surface area contributed by atoms with E-state index in [9.17, 15) is 4.79 Å². The zero-order valence-electron chi connectivity index (χ0n) is 21.9. The van der Waals surface area contributed by atoms with Crippen LogP contribution in [0.2, 0.25) is 0 Å². The molecule has 2 aliphatic heterocycles. The first-order valence-corrected chi connectivity index (χ1v) is 12.4. The highest BCUT2D eigenvalue weighted by molar-refractivity contribution is 6.22. The van der Waals surface area contributed by atoms with E-state index in [1.807, 2.05) is 57.2 Å². The van der Waals surface area contributed by atoms with Crippen molar-refractivity contribution in [1.82, 2.24) is 9.80 Å². The van der Waals surface area contributed by atoms with Gasteiger partial charge in [-0.1, -0.05) is 62.4 Å². The Morgan fingerprint density at radius 2 is 1.94 bits per heavy atom. The number of rotatable bonds is 8. The fraction of sp³-hybridized carbons (Fsp3) is 0.483. The number of likely N-dealkylation sites (tertiary alicyclic amines) is 1. The summed E-state index contributed by atoms with van der Waals surface area (Å²) < 4.78 is 10.8. The summed E-state index contributed by atoms with van der Waals surface area (Å²) in [6.07, 6.45) is 8.45. The van der Waals surface area contributed by atoms with E-state index in [-0.39, 0.29) is 5.91 Å². The Balaban J connectivity index is 0.000000379. The first-order valence-electron chi connectivity index (χ1n) is 12.4. The van der Waals surface area contributed by atoms with Crippen molar-refractivity contribution in [2.45, 2.75) is 47.5 Å². The summed E-state index contributed by atoms with van der Waals surface area (Å²) in [5.74, 6) is 1.91. The van der Waals surface area contributed by atoms with Crippen molar-refractivity contribution in [3.8, 4) is 0 Å². The largest absolute Gasteiger partial charge is 0.493 e. The molecule has 1 aromatic carbocycles. The normalized spacial score (nSPS) is 17.8. The van der Waals surface area contributed by atoms with E-state index in [2.05, 4.69) is 25.3 Å². The van der Waals surface area contributed by atoms with E-state index in [1.165, 1.54) is 32.5 Å². The SMILES string of the molecule is C=C(OC)/C(=C\C(=C/C)N1CC=C(c2cccc(C)c2)C1=O)OCC.CCN1CCC(C)CC1. The third-order valence-corrected chi connectivity index (χ3v) is 6.31. The zero-order chi connectivity index (χ0) is 25.1. The summed E-state index contributed by atoms with van der Waals surface area (Å²) in [4.78, 5) is 17.1. The Morgan fingerprint density at radius 3 is 2.50 bits per heavy atom. The number of carbonyl (C=O) groups excluding carboxylic acids is 1. The highest BCUT2D eigenvalue weighted by Gasteiger charge is 2.27. The van der Waals surface area contributed by atoms with Crippen LogP contribution in [0.15, 0.2) is 66.3 Å². The van der Waals surface area contributed by atoms with E-state index >= 15 is 0 Å². The van der Waals surface area contributed by atoms with Crippen LogP contribution in [0.25, 0.3) is 5.57 Å². The molecule has 1 aromatic rings. The van der Waals surface area contributed by atoms with Crippen LogP contribution in [0.1, 0.15) is 51.7 Å². The lowest BCUT2D eigenvalue weighted by atomic mass is 9.99. The van der Waals surface area contributed by atoms with E-state index in [0.29, 0.717) is 24.7 Å². The van der Waals surface area contributed by atoms with Gasteiger partial charge >= 0.3 is 0 Å². The molecule has 1 amide bonds. The summed E-state index contributed by atoms with van der Waals surface area (Å²) in [5, 5.41) is 0. The molecule has 0 aliphatic carbocycles. The van der Waals surface area contributed by atoms with Gasteiger partial charge in [-0.05, 0) is 64.7 Å². The number of ether oxygens (including phenoxy) is 2.